The average Bonchev–Trinajstić information content (AvgIpc) is 2.70. The van der Waals surface area contributed by atoms with E-state index in [0.717, 1.165) is 17.9 Å². The number of nitrogens with zero attached hydrogens (tertiary/aromatic N) is 2. The van der Waals surface area contributed by atoms with E-state index < -0.39 is 0 Å². The maximum Gasteiger partial charge on any atom is 0.0224 e. The first-order valence-corrected chi connectivity index (χ1v) is 6.29. The van der Waals surface area contributed by atoms with Crippen molar-refractivity contribution in [2.75, 3.05) is 32.7 Å². The molecule has 0 spiro atoms. The molecule has 3 fully saturated rings. The van der Waals surface area contributed by atoms with Crippen LogP contribution in [0.2, 0.25) is 0 Å². The van der Waals surface area contributed by atoms with Crippen LogP contribution in [0.1, 0.15) is 26.2 Å². The quantitative estimate of drug-likeness (QED) is 0.656. The Morgan fingerprint density at radius 3 is 2.86 bits per heavy atom. The van der Waals surface area contributed by atoms with Gasteiger partial charge in [0, 0.05) is 32.2 Å². The van der Waals surface area contributed by atoms with Crippen LogP contribution in [0, 0.1) is 11.8 Å². The zero-order chi connectivity index (χ0) is 9.54. The number of hydrogen-bond donors (Lipinski definition) is 0. The molecule has 0 amide bonds. The normalized spacial score (nSPS) is 43.9. The Morgan fingerprint density at radius 2 is 2.07 bits per heavy atom. The van der Waals surface area contributed by atoms with Crippen molar-refractivity contribution in [3.63, 3.8) is 0 Å². The summed E-state index contributed by atoms with van der Waals surface area (Å²) in [5, 5.41) is 0. The van der Waals surface area contributed by atoms with Crippen molar-refractivity contribution in [3.8, 4) is 0 Å². The van der Waals surface area contributed by atoms with Crippen LogP contribution >= 0.6 is 0 Å². The molecule has 3 atom stereocenters. The summed E-state index contributed by atoms with van der Waals surface area (Å²) in [6.07, 6.45) is 4.39. The number of hydrogen-bond acceptors (Lipinski definition) is 2. The van der Waals surface area contributed by atoms with Crippen molar-refractivity contribution < 1.29 is 0 Å². The van der Waals surface area contributed by atoms with Gasteiger partial charge in [0.15, 0.2) is 0 Å². The molecule has 0 aromatic heterocycles. The Balaban J connectivity index is 1.51. The first kappa shape index (κ1) is 9.17. The third kappa shape index (κ3) is 1.70. The Kier molecular flexibility index (Phi) is 2.29. The standard InChI is InChI=1S/C12H22N2/c1-10-7-11(10)8-13-5-6-14-4-2-3-12(14)9-13/h10-12H,2-9H2,1H3. The van der Waals surface area contributed by atoms with Gasteiger partial charge < -0.3 is 4.90 Å². The van der Waals surface area contributed by atoms with Crippen LogP contribution < -0.4 is 0 Å². The minimum atomic E-state index is 0.915. The zero-order valence-corrected chi connectivity index (χ0v) is 9.28. The summed E-state index contributed by atoms with van der Waals surface area (Å²) >= 11 is 0. The molecule has 2 saturated heterocycles. The van der Waals surface area contributed by atoms with Gasteiger partial charge in [-0.3, -0.25) is 4.90 Å². The van der Waals surface area contributed by atoms with Crippen LogP contribution in [0.15, 0.2) is 0 Å². The molecule has 2 heteroatoms. The lowest BCUT2D eigenvalue weighted by atomic mass is 10.1. The molecule has 0 bridgehead atoms. The number of fused-ring (bicyclic) bond motifs is 1. The van der Waals surface area contributed by atoms with Crippen molar-refractivity contribution in [1.29, 1.82) is 0 Å². The lowest BCUT2D eigenvalue weighted by molar-refractivity contribution is 0.1000. The molecule has 0 aromatic carbocycles. The van der Waals surface area contributed by atoms with E-state index in [0.29, 0.717) is 0 Å². The highest BCUT2D eigenvalue weighted by atomic mass is 15.3. The monoisotopic (exact) mass is 194 g/mol. The lowest BCUT2D eigenvalue weighted by Crippen LogP contribution is -2.50. The maximum absolute atomic E-state index is 2.72. The minimum Gasteiger partial charge on any atom is -0.300 e. The second-order valence-corrected chi connectivity index (χ2v) is 5.56. The summed E-state index contributed by atoms with van der Waals surface area (Å²) < 4.78 is 0. The van der Waals surface area contributed by atoms with Crippen molar-refractivity contribution in [3.05, 3.63) is 0 Å². The molecule has 2 heterocycles. The van der Waals surface area contributed by atoms with Gasteiger partial charge in [-0.15, -0.1) is 0 Å². The van der Waals surface area contributed by atoms with Gasteiger partial charge in [0.25, 0.3) is 0 Å². The molecule has 14 heavy (non-hydrogen) atoms. The third-order valence-corrected chi connectivity index (χ3v) is 4.44. The molecule has 1 aliphatic carbocycles. The van der Waals surface area contributed by atoms with Gasteiger partial charge in [0.1, 0.15) is 0 Å². The number of rotatable bonds is 2. The van der Waals surface area contributed by atoms with Crippen LogP contribution in [0.4, 0.5) is 0 Å². The zero-order valence-electron chi connectivity index (χ0n) is 9.28. The molecule has 0 radical (unpaired) electrons. The summed E-state index contributed by atoms with van der Waals surface area (Å²) in [5.74, 6) is 2.07. The fourth-order valence-corrected chi connectivity index (χ4v) is 3.21. The van der Waals surface area contributed by atoms with Crippen LogP contribution in [-0.4, -0.2) is 48.6 Å². The van der Waals surface area contributed by atoms with E-state index in [-0.39, 0.29) is 0 Å². The van der Waals surface area contributed by atoms with Gasteiger partial charge in [-0.25, -0.2) is 0 Å². The van der Waals surface area contributed by atoms with Gasteiger partial charge >= 0.3 is 0 Å². The van der Waals surface area contributed by atoms with E-state index in [2.05, 4.69) is 16.7 Å². The summed E-state index contributed by atoms with van der Waals surface area (Å²) in [6.45, 7) is 9.20. The van der Waals surface area contributed by atoms with Crippen LogP contribution in [-0.2, 0) is 0 Å². The fourth-order valence-electron chi connectivity index (χ4n) is 3.21. The molecule has 80 valence electrons. The Morgan fingerprint density at radius 1 is 1.21 bits per heavy atom. The first-order valence-electron chi connectivity index (χ1n) is 6.29. The largest absolute Gasteiger partial charge is 0.300 e. The van der Waals surface area contributed by atoms with E-state index in [1.54, 1.807) is 0 Å². The van der Waals surface area contributed by atoms with Crippen molar-refractivity contribution >= 4 is 0 Å². The van der Waals surface area contributed by atoms with E-state index in [1.807, 2.05) is 0 Å². The second kappa shape index (κ2) is 3.49. The molecular weight excluding hydrogens is 172 g/mol. The summed E-state index contributed by atoms with van der Waals surface area (Å²) in [5.41, 5.74) is 0. The summed E-state index contributed by atoms with van der Waals surface area (Å²) in [4.78, 5) is 5.42. The van der Waals surface area contributed by atoms with Crippen LogP contribution in [0.25, 0.3) is 0 Å². The predicted octanol–water partition coefficient (Wildman–Crippen LogP) is 1.42. The maximum atomic E-state index is 2.72. The highest BCUT2D eigenvalue weighted by molar-refractivity contribution is 4.91. The third-order valence-electron chi connectivity index (χ3n) is 4.44. The predicted molar refractivity (Wildman–Crippen MR) is 58.3 cm³/mol. The van der Waals surface area contributed by atoms with Gasteiger partial charge in [0.2, 0.25) is 0 Å². The van der Waals surface area contributed by atoms with Gasteiger partial charge in [-0.05, 0) is 37.6 Å². The van der Waals surface area contributed by atoms with E-state index in [9.17, 15) is 0 Å². The van der Waals surface area contributed by atoms with Crippen molar-refractivity contribution in [2.45, 2.75) is 32.2 Å². The molecular formula is C12H22N2. The van der Waals surface area contributed by atoms with Gasteiger partial charge in [-0.1, -0.05) is 6.92 Å². The van der Waals surface area contributed by atoms with E-state index in [4.69, 9.17) is 0 Å². The Labute approximate surface area is 87.3 Å². The lowest BCUT2D eigenvalue weighted by Gasteiger charge is -2.37. The minimum absolute atomic E-state index is 0.915. The topological polar surface area (TPSA) is 6.48 Å². The fraction of sp³-hybridized carbons (Fsp3) is 1.00. The molecule has 3 aliphatic rings. The molecule has 0 N–H and O–H groups in total. The molecule has 3 rings (SSSR count). The van der Waals surface area contributed by atoms with Gasteiger partial charge in [0.05, 0.1) is 0 Å². The highest BCUT2D eigenvalue weighted by Gasteiger charge is 2.37. The van der Waals surface area contributed by atoms with Crippen LogP contribution in [0.3, 0.4) is 0 Å². The molecule has 2 nitrogen and oxygen atoms in total. The first-order chi connectivity index (χ1) is 6.83. The SMILES string of the molecule is CC1CC1CN1CCN2CCCC2C1. The van der Waals surface area contributed by atoms with Gasteiger partial charge in [-0.2, -0.15) is 0 Å². The number of piperazine rings is 1. The molecule has 2 aliphatic heterocycles. The molecule has 3 unspecified atom stereocenters. The van der Waals surface area contributed by atoms with E-state index >= 15 is 0 Å². The highest BCUT2D eigenvalue weighted by Crippen LogP contribution is 2.38. The smallest absolute Gasteiger partial charge is 0.0224 e. The summed E-state index contributed by atoms with van der Waals surface area (Å²) in [6, 6.07) is 0.915. The van der Waals surface area contributed by atoms with Crippen molar-refractivity contribution in [1.82, 2.24) is 9.80 Å². The Hall–Kier alpha value is -0.0800. The molecule has 1 saturated carbocycles. The Bertz CT molecular complexity index is 216. The summed E-state index contributed by atoms with van der Waals surface area (Å²) in [7, 11) is 0. The van der Waals surface area contributed by atoms with E-state index in [1.165, 1.54) is 52.0 Å². The molecule has 0 aromatic rings. The second-order valence-electron chi connectivity index (χ2n) is 5.56. The van der Waals surface area contributed by atoms with Crippen LogP contribution in [0.5, 0.6) is 0 Å². The van der Waals surface area contributed by atoms with Crippen molar-refractivity contribution in [2.24, 2.45) is 11.8 Å². The average molecular weight is 194 g/mol.